The molecule has 2 heteroatoms. The van der Waals surface area contributed by atoms with Crippen molar-refractivity contribution in [1.82, 2.24) is 5.32 Å². The molecule has 1 N–H and O–H groups in total. The molecule has 1 aromatic carbocycles. The Labute approximate surface area is 127 Å². The van der Waals surface area contributed by atoms with Crippen LogP contribution in [-0.2, 0) is 6.42 Å². The van der Waals surface area contributed by atoms with Gasteiger partial charge in [0.15, 0.2) is 0 Å². The number of rotatable bonds is 6. The molecule has 1 aromatic heterocycles. The molecule has 0 amide bonds. The van der Waals surface area contributed by atoms with E-state index in [9.17, 15) is 0 Å². The van der Waals surface area contributed by atoms with Crippen molar-refractivity contribution in [2.45, 2.75) is 46.6 Å². The van der Waals surface area contributed by atoms with Gasteiger partial charge >= 0.3 is 0 Å². The summed E-state index contributed by atoms with van der Waals surface area (Å²) in [4.78, 5) is 1.39. The van der Waals surface area contributed by atoms with Crippen molar-refractivity contribution in [3.8, 4) is 0 Å². The van der Waals surface area contributed by atoms with E-state index < -0.39 is 0 Å². The van der Waals surface area contributed by atoms with Crippen LogP contribution in [0.2, 0.25) is 0 Å². The minimum Gasteiger partial charge on any atom is -0.310 e. The smallest absolute Gasteiger partial charge is 0.0369 e. The number of benzene rings is 1. The Balaban J connectivity index is 2.18. The summed E-state index contributed by atoms with van der Waals surface area (Å²) in [6, 6.07) is 9.62. The SMILES string of the molecule is CCCNC(Cc1cc(C)cc(C)c1)c1csc(C)c1. The molecule has 108 valence electrons. The molecule has 0 aliphatic carbocycles. The van der Waals surface area contributed by atoms with Gasteiger partial charge in [-0.25, -0.2) is 0 Å². The summed E-state index contributed by atoms with van der Waals surface area (Å²) in [6.07, 6.45) is 2.24. The molecule has 0 spiro atoms. The second-order valence-electron chi connectivity index (χ2n) is 5.70. The van der Waals surface area contributed by atoms with Crippen molar-refractivity contribution in [1.29, 1.82) is 0 Å². The van der Waals surface area contributed by atoms with E-state index in [2.05, 4.69) is 62.7 Å². The second-order valence-corrected chi connectivity index (χ2v) is 6.81. The summed E-state index contributed by atoms with van der Waals surface area (Å²) < 4.78 is 0. The summed E-state index contributed by atoms with van der Waals surface area (Å²) in [5.74, 6) is 0. The van der Waals surface area contributed by atoms with E-state index in [0.29, 0.717) is 6.04 Å². The van der Waals surface area contributed by atoms with Gasteiger partial charge in [0, 0.05) is 10.9 Å². The van der Waals surface area contributed by atoms with Gasteiger partial charge in [0.25, 0.3) is 0 Å². The van der Waals surface area contributed by atoms with Crippen LogP contribution >= 0.6 is 11.3 Å². The highest BCUT2D eigenvalue weighted by Gasteiger charge is 2.13. The first-order valence-electron chi connectivity index (χ1n) is 7.44. The van der Waals surface area contributed by atoms with E-state index in [0.717, 1.165) is 13.0 Å². The van der Waals surface area contributed by atoms with E-state index in [4.69, 9.17) is 0 Å². The van der Waals surface area contributed by atoms with Crippen LogP contribution in [-0.4, -0.2) is 6.54 Å². The molecule has 1 heterocycles. The second kappa shape index (κ2) is 7.05. The molecule has 0 aliphatic heterocycles. The van der Waals surface area contributed by atoms with E-state index >= 15 is 0 Å². The number of aryl methyl sites for hydroxylation is 3. The highest BCUT2D eigenvalue weighted by atomic mass is 32.1. The summed E-state index contributed by atoms with van der Waals surface area (Å²) >= 11 is 1.84. The topological polar surface area (TPSA) is 12.0 Å². The summed E-state index contributed by atoms with van der Waals surface area (Å²) in [6.45, 7) is 9.84. The molecule has 0 radical (unpaired) electrons. The van der Waals surface area contributed by atoms with Crippen LogP contribution in [0.3, 0.4) is 0 Å². The fraction of sp³-hybridized carbons (Fsp3) is 0.444. The molecule has 0 saturated heterocycles. The normalized spacial score (nSPS) is 12.6. The Kier molecular flexibility index (Phi) is 5.38. The minimum atomic E-state index is 0.432. The number of hydrogen-bond acceptors (Lipinski definition) is 2. The third-order valence-corrected chi connectivity index (χ3v) is 4.39. The Morgan fingerprint density at radius 3 is 2.30 bits per heavy atom. The lowest BCUT2D eigenvalue weighted by Crippen LogP contribution is -2.23. The maximum Gasteiger partial charge on any atom is 0.0369 e. The lowest BCUT2D eigenvalue weighted by Gasteiger charge is -2.18. The van der Waals surface area contributed by atoms with Gasteiger partial charge in [0.05, 0.1) is 0 Å². The molecule has 1 atom stereocenters. The maximum absolute atomic E-state index is 3.69. The monoisotopic (exact) mass is 287 g/mol. The first kappa shape index (κ1) is 15.3. The third kappa shape index (κ3) is 4.19. The van der Waals surface area contributed by atoms with Gasteiger partial charge in [-0.15, -0.1) is 11.3 Å². The Bertz CT molecular complexity index is 536. The molecule has 0 saturated carbocycles. The first-order chi connectivity index (χ1) is 9.58. The van der Waals surface area contributed by atoms with Crippen LogP contribution in [0.15, 0.2) is 29.6 Å². The van der Waals surface area contributed by atoms with Crippen LogP contribution in [0.25, 0.3) is 0 Å². The van der Waals surface area contributed by atoms with Gasteiger partial charge in [0.1, 0.15) is 0 Å². The van der Waals surface area contributed by atoms with Gasteiger partial charge in [-0.1, -0.05) is 36.2 Å². The molecule has 1 nitrogen and oxygen atoms in total. The number of hydrogen-bond donors (Lipinski definition) is 1. The Morgan fingerprint density at radius 2 is 1.75 bits per heavy atom. The largest absolute Gasteiger partial charge is 0.310 e. The summed E-state index contributed by atoms with van der Waals surface area (Å²) in [5, 5.41) is 5.99. The van der Waals surface area contributed by atoms with Crippen LogP contribution in [0, 0.1) is 20.8 Å². The summed E-state index contributed by atoms with van der Waals surface area (Å²) in [7, 11) is 0. The van der Waals surface area contributed by atoms with Crippen LogP contribution in [0.1, 0.15) is 46.5 Å². The predicted octanol–water partition coefficient (Wildman–Crippen LogP) is 4.96. The van der Waals surface area contributed by atoms with Gasteiger partial charge in [-0.2, -0.15) is 0 Å². The molecular weight excluding hydrogens is 262 g/mol. The van der Waals surface area contributed by atoms with Gasteiger partial charge in [-0.05, 0) is 62.7 Å². The van der Waals surface area contributed by atoms with Crippen molar-refractivity contribution in [3.05, 3.63) is 56.8 Å². The van der Waals surface area contributed by atoms with E-state index in [1.165, 1.54) is 33.6 Å². The highest BCUT2D eigenvalue weighted by molar-refractivity contribution is 7.10. The molecule has 2 rings (SSSR count). The predicted molar refractivity (Wildman–Crippen MR) is 89.7 cm³/mol. The molecule has 0 fully saturated rings. The van der Waals surface area contributed by atoms with Crippen LogP contribution in [0.4, 0.5) is 0 Å². The lowest BCUT2D eigenvalue weighted by atomic mass is 9.98. The Hall–Kier alpha value is -1.12. The highest BCUT2D eigenvalue weighted by Crippen LogP contribution is 2.24. The van der Waals surface area contributed by atoms with Gasteiger partial charge in [0.2, 0.25) is 0 Å². The third-order valence-electron chi connectivity index (χ3n) is 3.52. The molecule has 20 heavy (non-hydrogen) atoms. The van der Waals surface area contributed by atoms with E-state index in [-0.39, 0.29) is 0 Å². The fourth-order valence-corrected chi connectivity index (χ4v) is 3.45. The van der Waals surface area contributed by atoms with Crippen LogP contribution in [0.5, 0.6) is 0 Å². The maximum atomic E-state index is 3.69. The first-order valence-corrected chi connectivity index (χ1v) is 8.32. The molecule has 1 unspecified atom stereocenters. The lowest BCUT2D eigenvalue weighted by molar-refractivity contribution is 0.530. The van der Waals surface area contributed by atoms with Crippen LogP contribution < -0.4 is 5.32 Å². The van der Waals surface area contributed by atoms with Crippen molar-refractivity contribution in [2.75, 3.05) is 6.54 Å². The molecule has 2 aromatic rings. The zero-order valence-corrected chi connectivity index (χ0v) is 13.8. The number of thiophene rings is 1. The van der Waals surface area contributed by atoms with Crippen molar-refractivity contribution >= 4 is 11.3 Å². The van der Waals surface area contributed by atoms with E-state index in [1.54, 1.807) is 0 Å². The molecule has 0 bridgehead atoms. The standard InChI is InChI=1S/C18H25NS/c1-5-6-19-18(17-10-15(4)20-12-17)11-16-8-13(2)7-14(3)9-16/h7-10,12,18-19H,5-6,11H2,1-4H3. The average molecular weight is 287 g/mol. The zero-order chi connectivity index (χ0) is 14.5. The van der Waals surface area contributed by atoms with Gasteiger partial charge < -0.3 is 5.32 Å². The fourth-order valence-electron chi connectivity index (χ4n) is 2.70. The summed E-state index contributed by atoms with van der Waals surface area (Å²) in [5.41, 5.74) is 5.58. The van der Waals surface area contributed by atoms with Crippen molar-refractivity contribution in [3.63, 3.8) is 0 Å². The van der Waals surface area contributed by atoms with Crippen molar-refractivity contribution in [2.24, 2.45) is 0 Å². The van der Waals surface area contributed by atoms with Crippen molar-refractivity contribution < 1.29 is 0 Å². The molecular formula is C18H25NS. The minimum absolute atomic E-state index is 0.432. The van der Waals surface area contributed by atoms with E-state index in [1.807, 2.05) is 11.3 Å². The quantitative estimate of drug-likeness (QED) is 0.792. The zero-order valence-electron chi connectivity index (χ0n) is 13.0. The van der Waals surface area contributed by atoms with Gasteiger partial charge in [-0.3, -0.25) is 0 Å². The number of nitrogens with one attached hydrogen (secondary N) is 1. The molecule has 0 aliphatic rings. The average Bonchev–Trinajstić information content (AvgIpc) is 2.80. The Morgan fingerprint density at radius 1 is 1.05 bits per heavy atom.